The zero-order chi connectivity index (χ0) is 11.0. The second-order valence-electron chi connectivity index (χ2n) is 3.63. The van der Waals surface area contributed by atoms with Crippen LogP contribution in [-0.4, -0.2) is 14.9 Å². The first-order chi connectivity index (χ1) is 7.84. The maximum Gasteiger partial charge on any atom is 0.107 e. The summed E-state index contributed by atoms with van der Waals surface area (Å²) in [5.74, 6) is 0. The van der Waals surface area contributed by atoms with Gasteiger partial charge in [-0.15, -0.1) is 0 Å². The summed E-state index contributed by atoms with van der Waals surface area (Å²) in [6, 6.07) is 15.5. The van der Waals surface area contributed by atoms with Crippen molar-refractivity contribution >= 4 is 0 Å². The topological polar surface area (TPSA) is 38.0 Å². The van der Waals surface area contributed by atoms with Crippen molar-refractivity contribution in [2.45, 2.75) is 0 Å². The molecular weight excluding hydrogens is 200 g/mol. The standard InChI is InChI=1S/C13H10N2O/c16-15-8-4-7-11-13(15)9-12(14-11)10-5-2-1-3-6-10/h1-9,16H. The van der Waals surface area contributed by atoms with Crippen LogP contribution in [0, 0.1) is 0 Å². The Morgan fingerprint density at radius 1 is 0.938 bits per heavy atom. The molecular formula is C13H10N2O. The van der Waals surface area contributed by atoms with Crippen LogP contribution >= 0.6 is 0 Å². The highest BCUT2D eigenvalue weighted by atomic mass is 16.5. The van der Waals surface area contributed by atoms with Gasteiger partial charge in [-0.05, 0) is 18.2 Å². The Kier molecular flexibility index (Phi) is 1.90. The lowest BCUT2D eigenvalue weighted by Crippen LogP contribution is -1.94. The molecule has 2 aliphatic rings. The van der Waals surface area contributed by atoms with Gasteiger partial charge in [-0.3, -0.25) is 0 Å². The van der Waals surface area contributed by atoms with Crippen LogP contribution in [0.5, 0.6) is 0 Å². The van der Waals surface area contributed by atoms with E-state index in [9.17, 15) is 5.21 Å². The number of hydrogen-bond donors (Lipinski definition) is 1. The first-order valence-electron chi connectivity index (χ1n) is 5.07. The Morgan fingerprint density at radius 2 is 1.75 bits per heavy atom. The van der Waals surface area contributed by atoms with Gasteiger partial charge in [-0.2, -0.15) is 4.73 Å². The van der Waals surface area contributed by atoms with Gasteiger partial charge < -0.3 is 5.21 Å². The van der Waals surface area contributed by atoms with E-state index in [1.165, 1.54) is 0 Å². The van der Waals surface area contributed by atoms with E-state index >= 15 is 0 Å². The molecule has 0 atom stereocenters. The Labute approximate surface area is 92.9 Å². The lowest BCUT2D eigenvalue weighted by Gasteiger charge is -2.01. The third-order valence-corrected chi connectivity index (χ3v) is 2.57. The van der Waals surface area contributed by atoms with Crippen LogP contribution in [0.1, 0.15) is 0 Å². The molecule has 0 amide bonds. The molecule has 16 heavy (non-hydrogen) atoms. The monoisotopic (exact) mass is 210 g/mol. The van der Waals surface area contributed by atoms with E-state index in [1.54, 1.807) is 12.3 Å². The van der Waals surface area contributed by atoms with Crippen LogP contribution in [0.3, 0.4) is 0 Å². The van der Waals surface area contributed by atoms with E-state index in [0.29, 0.717) is 0 Å². The summed E-state index contributed by atoms with van der Waals surface area (Å²) in [5, 5.41) is 9.61. The van der Waals surface area contributed by atoms with Crippen molar-refractivity contribution in [3.63, 3.8) is 0 Å². The lowest BCUT2D eigenvalue weighted by molar-refractivity contribution is 0.189. The summed E-state index contributed by atoms with van der Waals surface area (Å²) in [6.07, 6.45) is 1.60. The predicted octanol–water partition coefficient (Wildman–Crippen LogP) is 2.89. The number of rotatable bonds is 1. The SMILES string of the molecule is On1cccc2nc(-c3ccccc3)cc1-2. The molecule has 0 radical (unpaired) electrons. The molecule has 0 fully saturated rings. The van der Waals surface area contributed by atoms with Gasteiger partial charge in [-0.25, -0.2) is 4.98 Å². The van der Waals surface area contributed by atoms with E-state index < -0.39 is 0 Å². The van der Waals surface area contributed by atoms with Crippen molar-refractivity contribution < 1.29 is 5.21 Å². The van der Waals surface area contributed by atoms with Crippen molar-refractivity contribution in [3.05, 3.63) is 54.7 Å². The summed E-state index contributed by atoms with van der Waals surface area (Å²) in [6.45, 7) is 0. The van der Waals surface area contributed by atoms with Crippen LogP contribution in [0.4, 0.5) is 0 Å². The molecule has 2 heterocycles. The van der Waals surface area contributed by atoms with E-state index in [1.807, 2.05) is 42.5 Å². The number of fused-ring (bicyclic) bond motifs is 1. The van der Waals surface area contributed by atoms with Crippen LogP contribution in [0.15, 0.2) is 54.7 Å². The van der Waals surface area contributed by atoms with E-state index in [0.717, 1.165) is 27.4 Å². The molecule has 2 aliphatic heterocycles. The average molecular weight is 210 g/mol. The minimum atomic E-state index is 0.723. The van der Waals surface area contributed by atoms with Crippen molar-refractivity contribution in [1.29, 1.82) is 0 Å². The number of aromatic nitrogens is 2. The first kappa shape index (κ1) is 8.97. The fraction of sp³-hybridized carbons (Fsp3) is 0. The quantitative estimate of drug-likeness (QED) is 0.627. The maximum absolute atomic E-state index is 9.61. The van der Waals surface area contributed by atoms with Gasteiger partial charge in [0.25, 0.3) is 0 Å². The summed E-state index contributed by atoms with van der Waals surface area (Å²) >= 11 is 0. The van der Waals surface area contributed by atoms with Gasteiger partial charge in [0, 0.05) is 11.8 Å². The molecule has 0 saturated heterocycles. The van der Waals surface area contributed by atoms with E-state index in [2.05, 4.69) is 4.98 Å². The molecule has 0 saturated carbocycles. The fourth-order valence-corrected chi connectivity index (χ4v) is 1.78. The summed E-state index contributed by atoms with van der Waals surface area (Å²) in [4.78, 5) is 4.46. The van der Waals surface area contributed by atoms with Gasteiger partial charge in [0.1, 0.15) is 5.69 Å². The molecule has 0 unspecified atom stereocenters. The number of pyridine rings is 1. The van der Waals surface area contributed by atoms with Gasteiger partial charge >= 0.3 is 0 Å². The largest absolute Gasteiger partial charge is 0.428 e. The summed E-state index contributed by atoms with van der Waals surface area (Å²) < 4.78 is 1.09. The normalized spacial score (nSPS) is 10.8. The van der Waals surface area contributed by atoms with Crippen molar-refractivity contribution in [1.82, 2.24) is 9.71 Å². The van der Waals surface area contributed by atoms with E-state index in [-0.39, 0.29) is 0 Å². The Balaban J connectivity index is 2.21. The maximum atomic E-state index is 9.61. The van der Waals surface area contributed by atoms with Gasteiger partial charge in [-0.1, -0.05) is 30.3 Å². The summed E-state index contributed by atoms with van der Waals surface area (Å²) in [7, 11) is 0. The van der Waals surface area contributed by atoms with Crippen molar-refractivity contribution in [2.24, 2.45) is 0 Å². The highest BCUT2D eigenvalue weighted by molar-refractivity contribution is 5.71. The van der Waals surface area contributed by atoms with Crippen LogP contribution in [0.25, 0.3) is 22.6 Å². The van der Waals surface area contributed by atoms with Gasteiger partial charge in [0.05, 0.1) is 11.4 Å². The number of benzene rings is 1. The third-order valence-electron chi connectivity index (χ3n) is 2.57. The van der Waals surface area contributed by atoms with Gasteiger partial charge in [0.2, 0.25) is 0 Å². The molecule has 1 aromatic carbocycles. The van der Waals surface area contributed by atoms with Gasteiger partial charge in [0.15, 0.2) is 0 Å². The second-order valence-corrected chi connectivity index (χ2v) is 3.63. The molecule has 0 bridgehead atoms. The highest BCUT2D eigenvalue weighted by Gasteiger charge is 2.12. The molecule has 0 aromatic heterocycles. The first-order valence-corrected chi connectivity index (χ1v) is 5.07. The van der Waals surface area contributed by atoms with E-state index in [4.69, 9.17) is 0 Å². The third kappa shape index (κ3) is 1.34. The molecule has 0 spiro atoms. The van der Waals surface area contributed by atoms with Crippen LogP contribution in [-0.2, 0) is 0 Å². The Bertz CT molecular complexity index is 586. The number of nitrogens with zero attached hydrogens (tertiary/aromatic N) is 2. The molecule has 1 aromatic rings. The smallest absolute Gasteiger partial charge is 0.107 e. The zero-order valence-corrected chi connectivity index (χ0v) is 8.54. The summed E-state index contributed by atoms with van der Waals surface area (Å²) in [5.41, 5.74) is 3.45. The molecule has 3 heteroatoms. The molecule has 3 nitrogen and oxygen atoms in total. The second kappa shape index (κ2) is 3.38. The fourth-order valence-electron chi connectivity index (χ4n) is 1.78. The Morgan fingerprint density at radius 3 is 2.50 bits per heavy atom. The Hall–Kier alpha value is -2.29. The van der Waals surface area contributed by atoms with Crippen molar-refractivity contribution in [3.8, 4) is 22.6 Å². The molecule has 0 aliphatic carbocycles. The molecule has 78 valence electrons. The van der Waals surface area contributed by atoms with Crippen LogP contribution in [0.2, 0.25) is 0 Å². The average Bonchev–Trinajstić information content (AvgIpc) is 2.76. The van der Waals surface area contributed by atoms with Crippen molar-refractivity contribution in [2.75, 3.05) is 0 Å². The lowest BCUT2D eigenvalue weighted by atomic mass is 10.1. The highest BCUT2D eigenvalue weighted by Crippen LogP contribution is 2.27. The predicted molar refractivity (Wildman–Crippen MR) is 61.5 cm³/mol. The minimum absolute atomic E-state index is 0.723. The minimum Gasteiger partial charge on any atom is -0.428 e. The number of hydrogen-bond acceptors (Lipinski definition) is 2. The van der Waals surface area contributed by atoms with Crippen LogP contribution < -0.4 is 0 Å². The zero-order valence-electron chi connectivity index (χ0n) is 8.54. The molecule has 3 rings (SSSR count). The molecule has 1 N–H and O–H groups in total.